The monoisotopic (exact) mass is 399 g/mol. The van der Waals surface area contributed by atoms with Gasteiger partial charge in [-0.2, -0.15) is 0 Å². The SMILES string of the molecule is CCOC(=O)c1cccc(NS(=O)(=O)c2ccc3cc(OC)ccc3c2)c1C. The molecule has 0 unspecified atom stereocenters. The molecule has 0 saturated heterocycles. The summed E-state index contributed by atoms with van der Waals surface area (Å²) < 4.78 is 38.5. The summed E-state index contributed by atoms with van der Waals surface area (Å²) in [6.45, 7) is 3.64. The highest BCUT2D eigenvalue weighted by Crippen LogP contribution is 2.26. The standard InChI is InChI=1S/C21H21NO5S/c1-4-27-21(23)19-6-5-7-20(14(19)2)22-28(24,25)18-11-9-15-12-17(26-3)10-8-16(15)13-18/h5-13,22H,4H2,1-3H3. The minimum absolute atomic E-state index is 0.131. The van der Waals surface area contributed by atoms with E-state index in [2.05, 4.69) is 4.72 Å². The van der Waals surface area contributed by atoms with Crippen molar-refractivity contribution in [3.63, 3.8) is 0 Å². The summed E-state index contributed by atoms with van der Waals surface area (Å²) in [5, 5.41) is 1.65. The predicted molar refractivity (Wildman–Crippen MR) is 108 cm³/mol. The minimum atomic E-state index is -3.83. The van der Waals surface area contributed by atoms with Gasteiger partial charge in [0.15, 0.2) is 0 Å². The van der Waals surface area contributed by atoms with E-state index in [1.165, 1.54) is 6.07 Å². The first-order valence-electron chi connectivity index (χ1n) is 8.73. The lowest BCUT2D eigenvalue weighted by Gasteiger charge is -2.14. The molecule has 6 nitrogen and oxygen atoms in total. The number of hydrogen-bond acceptors (Lipinski definition) is 5. The van der Waals surface area contributed by atoms with Crippen molar-refractivity contribution < 1.29 is 22.7 Å². The largest absolute Gasteiger partial charge is 0.497 e. The Hall–Kier alpha value is -3.06. The van der Waals surface area contributed by atoms with Gasteiger partial charge in [-0.3, -0.25) is 4.72 Å². The molecular formula is C21H21NO5S. The maximum Gasteiger partial charge on any atom is 0.338 e. The molecule has 3 aromatic carbocycles. The van der Waals surface area contributed by atoms with Crippen LogP contribution in [-0.2, 0) is 14.8 Å². The van der Waals surface area contributed by atoms with Gasteiger partial charge in [0.05, 0.1) is 29.9 Å². The van der Waals surface area contributed by atoms with Crippen molar-refractivity contribution in [1.82, 2.24) is 0 Å². The first-order valence-corrected chi connectivity index (χ1v) is 10.2. The Bertz CT molecular complexity index is 1140. The lowest BCUT2D eigenvalue weighted by atomic mass is 10.1. The van der Waals surface area contributed by atoms with Crippen LogP contribution in [0.3, 0.4) is 0 Å². The van der Waals surface area contributed by atoms with Crippen LogP contribution in [0.1, 0.15) is 22.8 Å². The van der Waals surface area contributed by atoms with E-state index in [1.807, 2.05) is 6.07 Å². The fourth-order valence-electron chi connectivity index (χ4n) is 2.88. The normalized spacial score (nSPS) is 11.2. The molecule has 0 aliphatic carbocycles. The van der Waals surface area contributed by atoms with Gasteiger partial charge in [-0.05, 0) is 66.6 Å². The van der Waals surface area contributed by atoms with E-state index in [4.69, 9.17) is 9.47 Å². The second-order valence-electron chi connectivity index (χ2n) is 6.18. The molecule has 0 aliphatic rings. The van der Waals surface area contributed by atoms with Gasteiger partial charge in [0.25, 0.3) is 10.0 Å². The van der Waals surface area contributed by atoms with Crippen molar-refractivity contribution in [3.8, 4) is 5.75 Å². The number of anilines is 1. The molecule has 0 atom stereocenters. The van der Waals surface area contributed by atoms with Gasteiger partial charge in [0.2, 0.25) is 0 Å². The molecule has 28 heavy (non-hydrogen) atoms. The van der Waals surface area contributed by atoms with Gasteiger partial charge < -0.3 is 9.47 Å². The Labute approximate surface area is 164 Å². The van der Waals surface area contributed by atoms with Crippen LogP contribution in [0.25, 0.3) is 10.8 Å². The number of ether oxygens (including phenoxy) is 2. The predicted octanol–water partition coefficient (Wildman–Crippen LogP) is 4.13. The van der Waals surface area contributed by atoms with E-state index in [1.54, 1.807) is 63.4 Å². The molecule has 1 N–H and O–H groups in total. The minimum Gasteiger partial charge on any atom is -0.497 e. The Morgan fingerprint density at radius 1 is 1.04 bits per heavy atom. The summed E-state index contributed by atoms with van der Waals surface area (Å²) in [6, 6.07) is 15.1. The van der Waals surface area contributed by atoms with Crippen molar-refractivity contribution in [1.29, 1.82) is 0 Å². The Morgan fingerprint density at radius 3 is 2.46 bits per heavy atom. The molecular weight excluding hydrogens is 378 g/mol. The number of sulfonamides is 1. The lowest BCUT2D eigenvalue weighted by molar-refractivity contribution is 0.0525. The van der Waals surface area contributed by atoms with E-state index in [0.29, 0.717) is 22.6 Å². The van der Waals surface area contributed by atoms with Crippen LogP contribution in [-0.4, -0.2) is 28.1 Å². The molecule has 0 fully saturated rings. The Morgan fingerprint density at radius 2 is 1.75 bits per heavy atom. The van der Waals surface area contributed by atoms with Gasteiger partial charge in [-0.1, -0.05) is 18.2 Å². The highest BCUT2D eigenvalue weighted by atomic mass is 32.2. The molecule has 0 heterocycles. The number of carbonyl (C=O) groups excluding carboxylic acids is 1. The van der Waals surface area contributed by atoms with Crippen molar-refractivity contribution >= 4 is 32.5 Å². The van der Waals surface area contributed by atoms with E-state index < -0.39 is 16.0 Å². The highest BCUT2D eigenvalue weighted by molar-refractivity contribution is 7.92. The number of fused-ring (bicyclic) bond motifs is 1. The molecule has 0 amide bonds. The second-order valence-corrected chi connectivity index (χ2v) is 7.86. The topological polar surface area (TPSA) is 81.7 Å². The number of carbonyl (C=O) groups is 1. The van der Waals surface area contributed by atoms with Gasteiger partial charge in [-0.15, -0.1) is 0 Å². The second kappa shape index (κ2) is 7.90. The molecule has 0 aromatic heterocycles. The zero-order valence-corrected chi connectivity index (χ0v) is 16.7. The molecule has 7 heteroatoms. The van der Waals surface area contributed by atoms with Crippen LogP contribution in [0.2, 0.25) is 0 Å². The number of rotatable bonds is 6. The summed E-state index contributed by atoms with van der Waals surface area (Å²) in [6.07, 6.45) is 0. The van der Waals surface area contributed by atoms with Gasteiger partial charge in [0.1, 0.15) is 5.75 Å². The maximum absolute atomic E-state index is 12.9. The number of benzene rings is 3. The third-order valence-electron chi connectivity index (χ3n) is 4.40. The van der Waals surface area contributed by atoms with Gasteiger partial charge in [-0.25, -0.2) is 13.2 Å². The third-order valence-corrected chi connectivity index (χ3v) is 5.77. The van der Waals surface area contributed by atoms with E-state index in [9.17, 15) is 13.2 Å². The van der Waals surface area contributed by atoms with Crippen molar-refractivity contribution in [2.45, 2.75) is 18.7 Å². The van der Waals surface area contributed by atoms with E-state index >= 15 is 0 Å². The average Bonchev–Trinajstić information content (AvgIpc) is 2.68. The molecule has 3 aromatic rings. The fraction of sp³-hybridized carbons (Fsp3) is 0.190. The highest BCUT2D eigenvalue weighted by Gasteiger charge is 2.19. The third kappa shape index (κ3) is 3.94. The molecule has 0 spiro atoms. The Kier molecular flexibility index (Phi) is 5.56. The van der Waals surface area contributed by atoms with Crippen molar-refractivity contribution in [3.05, 3.63) is 65.7 Å². The fourth-order valence-corrected chi connectivity index (χ4v) is 4.03. The first kappa shape index (κ1) is 19.7. The Balaban J connectivity index is 1.95. The number of methoxy groups -OCH3 is 1. The maximum atomic E-state index is 12.9. The van der Waals surface area contributed by atoms with Gasteiger partial charge >= 0.3 is 5.97 Å². The summed E-state index contributed by atoms with van der Waals surface area (Å²) >= 11 is 0. The van der Waals surface area contributed by atoms with Crippen LogP contribution in [0.15, 0.2) is 59.5 Å². The summed E-state index contributed by atoms with van der Waals surface area (Å²) in [7, 11) is -2.25. The number of hydrogen-bond donors (Lipinski definition) is 1. The molecule has 146 valence electrons. The number of nitrogens with one attached hydrogen (secondary N) is 1. The summed E-state index contributed by atoms with van der Waals surface area (Å²) in [4.78, 5) is 12.2. The quantitative estimate of drug-likeness (QED) is 0.630. The van der Waals surface area contributed by atoms with E-state index in [-0.39, 0.29) is 11.5 Å². The van der Waals surface area contributed by atoms with Gasteiger partial charge in [0, 0.05) is 0 Å². The average molecular weight is 399 g/mol. The van der Waals surface area contributed by atoms with Crippen LogP contribution in [0.4, 0.5) is 5.69 Å². The van der Waals surface area contributed by atoms with Crippen molar-refractivity contribution in [2.24, 2.45) is 0 Å². The summed E-state index contributed by atoms with van der Waals surface area (Å²) in [5.41, 5.74) is 1.17. The van der Waals surface area contributed by atoms with E-state index in [0.717, 1.165) is 10.8 Å². The zero-order chi connectivity index (χ0) is 20.3. The lowest BCUT2D eigenvalue weighted by Crippen LogP contribution is -2.15. The first-order chi connectivity index (χ1) is 13.4. The molecule has 0 saturated carbocycles. The molecule has 0 bridgehead atoms. The van der Waals surface area contributed by atoms with Crippen LogP contribution >= 0.6 is 0 Å². The molecule has 0 radical (unpaired) electrons. The molecule has 3 rings (SSSR count). The summed E-state index contributed by atoms with van der Waals surface area (Å²) in [5.74, 6) is 0.216. The number of esters is 1. The molecule has 0 aliphatic heterocycles. The van der Waals surface area contributed by atoms with Crippen LogP contribution < -0.4 is 9.46 Å². The van der Waals surface area contributed by atoms with Crippen LogP contribution in [0.5, 0.6) is 5.75 Å². The van der Waals surface area contributed by atoms with Crippen LogP contribution in [0, 0.1) is 6.92 Å². The smallest absolute Gasteiger partial charge is 0.338 e. The zero-order valence-electron chi connectivity index (χ0n) is 15.9. The van der Waals surface area contributed by atoms with Crippen molar-refractivity contribution in [2.75, 3.05) is 18.4 Å².